The summed E-state index contributed by atoms with van der Waals surface area (Å²) in [7, 11) is -3.21. The van der Waals surface area contributed by atoms with Crippen molar-refractivity contribution in [2.75, 3.05) is 18.1 Å². The number of nitro groups is 1. The molecule has 1 N–H and O–H groups in total. The van der Waals surface area contributed by atoms with E-state index in [0.717, 1.165) is 18.2 Å². The summed E-state index contributed by atoms with van der Waals surface area (Å²) in [5.41, 5.74) is -1.02. The number of hydrogen-bond acceptors (Lipinski definition) is 6. The number of rotatable bonds is 5. The quantitative estimate of drug-likeness (QED) is 0.612. The van der Waals surface area contributed by atoms with Gasteiger partial charge in [-0.2, -0.15) is 0 Å². The first-order valence-electron chi connectivity index (χ1n) is 7.18. The number of amides is 1. The molecule has 0 bridgehead atoms. The Hall–Kier alpha value is -2.49. The van der Waals surface area contributed by atoms with Gasteiger partial charge in [0.1, 0.15) is 0 Å². The third-order valence-corrected chi connectivity index (χ3v) is 5.62. The second-order valence-corrected chi connectivity index (χ2v) is 7.71. The Morgan fingerprint density at radius 1 is 1.33 bits per heavy atom. The van der Waals surface area contributed by atoms with Crippen LogP contribution < -0.4 is 0 Å². The highest BCUT2D eigenvalue weighted by Gasteiger charge is 2.34. The van der Waals surface area contributed by atoms with Gasteiger partial charge in [-0.3, -0.25) is 14.9 Å². The Morgan fingerprint density at radius 3 is 2.42 bits per heavy atom. The maximum absolute atomic E-state index is 12.6. The van der Waals surface area contributed by atoms with E-state index in [2.05, 4.69) is 0 Å². The molecule has 2 rings (SSSR count). The molecule has 10 heteroatoms. The molecule has 1 aliphatic heterocycles. The van der Waals surface area contributed by atoms with E-state index in [1.54, 1.807) is 6.92 Å². The molecule has 0 spiro atoms. The molecule has 9 nitrogen and oxygen atoms in total. The number of carboxylic acid groups (broad SMARTS) is 1. The number of carboxylic acids is 1. The normalized spacial score (nSPS) is 19.0. The van der Waals surface area contributed by atoms with Crippen LogP contribution in [0.25, 0.3) is 0 Å². The average molecular weight is 356 g/mol. The number of nitrogens with zero attached hydrogens (tertiary/aromatic N) is 2. The molecule has 1 heterocycles. The maximum Gasteiger partial charge on any atom is 0.335 e. The number of benzene rings is 1. The molecule has 1 unspecified atom stereocenters. The Kier molecular flexibility index (Phi) is 4.88. The third kappa shape index (κ3) is 3.70. The van der Waals surface area contributed by atoms with E-state index < -0.39 is 38.4 Å². The fraction of sp³-hybridized carbons (Fsp3) is 0.429. The standard InChI is InChI=1S/C14H16N2O7S/c1-2-15(11-3-4-24(22,23)8-11)13(17)9-5-10(14(18)19)7-12(6-9)16(20)21/h5-7,11H,2-4,8H2,1H3,(H,18,19). The molecule has 0 aromatic heterocycles. The van der Waals surface area contributed by atoms with Crippen molar-refractivity contribution >= 4 is 27.4 Å². The lowest BCUT2D eigenvalue weighted by Crippen LogP contribution is -2.41. The summed E-state index contributed by atoms with van der Waals surface area (Å²) in [4.78, 5) is 35.2. The van der Waals surface area contributed by atoms with Crippen molar-refractivity contribution in [3.63, 3.8) is 0 Å². The summed E-state index contributed by atoms with van der Waals surface area (Å²) >= 11 is 0. The molecule has 1 aromatic rings. The number of hydrogen-bond donors (Lipinski definition) is 1. The van der Waals surface area contributed by atoms with Gasteiger partial charge in [-0.05, 0) is 19.4 Å². The second-order valence-electron chi connectivity index (χ2n) is 5.48. The van der Waals surface area contributed by atoms with Crippen LogP contribution in [0.5, 0.6) is 0 Å². The van der Waals surface area contributed by atoms with Crippen LogP contribution in [0.1, 0.15) is 34.1 Å². The van der Waals surface area contributed by atoms with Crippen LogP contribution in [0, 0.1) is 10.1 Å². The van der Waals surface area contributed by atoms with E-state index in [9.17, 15) is 28.1 Å². The molecule has 1 amide bonds. The van der Waals surface area contributed by atoms with Gasteiger partial charge in [-0.15, -0.1) is 0 Å². The Labute approximate surface area is 138 Å². The lowest BCUT2D eigenvalue weighted by Gasteiger charge is -2.27. The van der Waals surface area contributed by atoms with Crippen molar-refractivity contribution in [2.24, 2.45) is 0 Å². The smallest absolute Gasteiger partial charge is 0.335 e. The zero-order valence-electron chi connectivity index (χ0n) is 12.8. The van der Waals surface area contributed by atoms with Crippen molar-refractivity contribution < 1.29 is 28.0 Å². The number of nitro benzene ring substituents is 1. The summed E-state index contributed by atoms with van der Waals surface area (Å²) in [6.45, 7) is 1.88. The van der Waals surface area contributed by atoms with E-state index in [-0.39, 0.29) is 29.2 Å². The summed E-state index contributed by atoms with van der Waals surface area (Å²) in [5, 5.41) is 20.0. The zero-order valence-corrected chi connectivity index (χ0v) is 13.7. The molecule has 1 saturated heterocycles. The van der Waals surface area contributed by atoms with Gasteiger partial charge < -0.3 is 10.0 Å². The van der Waals surface area contributed by atoms with E-state index in [4.69, 9.17) is 5.11 Å². The highest BCUT2D eigenvalue weighted by molar-refractivity contribution is 7.91. The molecule has 1 fully saturated rings. The largest absolute Gasteiger partial charge is 0.478 e. The Morgan fingerprint density at radius 2 is 1.96 bits per heavy atom. The van der Waals surface area contributed by atoms with E-state index >= 15 is 0 Å². The molecular formula is C14H16N2O7S. The highest BCUT2D eigenvalue weighted by Crippen LogP contribution is 2.23. The second kappa shape index (κ2) is 6.56. The van der Waals surface area contributed by atoms with Crippen molar-refractivity contribution in [3.8, 4) is 0 Å². The average Bonchev–Trinajstić information content (AvgIpc) is 2.87. The summed E-state index contributed by atoms with van der Waals surface area (Å²) in [6, 6.07) is 2.42. The molecule has 1 aliphatic rings. The highest BCUT2D eigenvalue weighted by atomic mass is 32.2. The first-order valence-corrected chi connectivity index (χ1v) is 9.01. The molecular weight excluding hydrogens is 340 g/mol. The fourth-order valence-corrected chi connectivity index (χ4v) is 4.45. The van der Waals surface area contributed by atoms with Crippen LogP contribution in [0.15, 0.2) is 18.2 Å². The summed E-state index contributed by atoms with van der Waals surface area (Å²) in [6.07, 6.45) is 0.294. The van der Waals surface area contributed by atoms with Crippen LogP contribution in [-0.2, 0) is 9.84 Å². The van der Waals surface area contributed by atoms with Crippen molar-refractivity contribution in [2.45, 2.75) is 19.4 Å². The Bertz CT molecular complexity index is 771. The Balaban J connectivity index is 2.40. The van der Waals surface area contributed by atoms with E-state index in [1.165, 1.54) is 4.90 Å². The minimum Gasteiger partial charge on any atom is -0.478 e. The number of carbonyl (C=O) groups is 2. The van der Waals surface area contributed by atoms with Crippen LogP contribution in [0.3, 0.4) is 0 Å². The van der Waals surface area contributed by atoms with Gasteiger partial charge in [-0.25, -0.2) is 13.2 Å². The molecule has 0 saturated carbocycles. The maximum atomic E-state index is 12.6. The van der Waals surface area contributed by atoms with Crippen molar-refractivity contribution in [3.05, 3.63) is 39.4 Å². The van der Waals surface area contributed by atoms with Gasteiger partial charge in [-0.1, -0.05) is 0 Å². The third-order valence-electron chi connectivity index (χ3n) is 3.87. The van der Waals surface area contributed by atoms with Gasteiger partial charge in [0.15, 0.2) is 9.84 Å². The molecule has 130 valence electrons. The minimum absolute atomic E-state index is 0.0171. The topological polar surface area (TPSA) is 135 Å². The van der Waals surface area contributed by atoms with Crippen molar-refractivity contribution in [1.82, 2.24) is 4.90 Å². The van der Waals surface area contributed by atoms with Crippen molar-refractivity contribution in [1.29, 1.82) is 0 Å². The predicted octanol–water partition coefficient (Wildman–Crippen LogP) is 0.942. The zero-order chi connectivity index (χ0) is 18.1. The van der Waals surface area contributed by atoms with Crippen LogP contribution >= 0.6 is 0 Å². The van der Waals surface area contributed by atoms with Gasteiger partial charge in [0.2, 0.25) is 0 Å². The van der Waals surface area contributed by atoms with Gasteiger partial charge >= 0.3 is 5.97 Å². The lowest BCUT2D eigenvalue weighted by atomic mass is 10.1. The molecule has 1 atom stereocenters. The van der Waals surface area contributed by atoms with Crippen LogP contribution in [0.2, 0.25) is 0 Å². The van der Waals surface area contributed by atoms with E-state index in [1.807, 2.05) is 0 Å². The number of non-ortho nitro benzene ring substituents is 1. The fourth-order valence-electron chi connectivity index (χ4n) is 2.72. The number of carbonyl (C=O) groups excluding carboxylic acids is 1. The molecule has 0 aliphatic carbocycles. The minimum atomic E-state index is -3.21. The molecule has 24 heavy (non-hydrogen) atoms. The SMILES string of the molecule is CCN(C(=O)c1cc(C(=O)O)cc([N+](=O)[O-])c1)C1CCS(=O)(=O)C1. The first kappa shape index (κ1) is 17.9. The monoisotopic (exact) mass is 356 g/mol. The molecule has 1 aromatic carbocycles. The van der Waals surface area contributed by atoms with Crippen LogP contribution in [-0.4, -0.2) is 59.3 Å². The van der Waals surface area contributed by atoms with E-state index in [0.29, 0.717) is 6.42 Å². The summed E-state index contributed by atoms with van der Waals surface area (Å²) in [5.74, 6) is -2.19. The van der Waals surface area contributed by atoms with Gasteiger partial charge in [0.25, 0.3) is 11.6 Å². The first-order chi connectivity index (χ1) is 11.1. The van der Waals surface area contributed by atoms with Gasteiger partial charge in [0.05, 0.1) is 22.0 Å². The number of aromatic carboxylic acids is 1. The van der Waals surface area contributed by atoms with Gasteiger partial charge in [0, 0.05) is 30.3 Å². The molecule has 0 radical (unpaired) electrons. The lowest BCUT2D eigenvalue weighted by molar-refractivity contribution is -0.384. The summed E-state index contributed by atoms with van der Waals surface area (Å²) < 4.78 is 23.2. The van der Waals surface area contributed by atoms with Crippen LogP contribution in [0.4, 0.5) is 5.69 Å². The number of sulfone groups is 1. The predicted molar refractivity (Wildman–Crippen MR) is 83.8 cm³/mol.